The van der Waals surface area contributed by atoms with Gasteiger partial charge in [-0.2, -0.15) is 0 Å². The Morgan fingerprint density at radius 2 is 2.22 bits per heavy atom. The molecule has 0 aliphatic heterocycles. The topological polar surface area (TPSA) is 46.4 Å². The number of nitrogens with zero attached hydrogens (tertiary/aromatic N) is 2. The summed E-state index contributed by atoms with van der Waals surface area (Å²) in [6, 6.07) is 5.33. The second kappa shape index (κ2) is 5.26. The molecule has 0 amide bonds. The molecule has 5 heteroatoms. The Labute approximate surface area is 115 Å². The lowest BCUT2D eigenvalue weighted by molar-refractivity contribution is -0.385. The van der Waals surface area contributed by atoms with Crippen LogP contribution in [0.2, 0.25) is 0 Å². The van der Waals surface area contributed by atoms with E-state index in [9.17, 15) is 10.1 Å². The van der Waals surface area contributed by atoms with Gasteiger partial charge in [0.05, 0.1) is 4.92 Å². The maximum atomic E-state index is 10.9. The fraction of sp³-hybridized carbons (Fsp3) is 0.538. The lowest BCUT2D eigenvalue weighted by atomic mass is 10.1. The van der Waals surface area contributed by atoms with Crippen LogP contribution in [-0.4, -0.2) is 18.5 Å². The second-order valence-electron chi connectivity index (χ2n) is 5.06. The first-order valence-corrected chi connectivity index (χ1v) is 7.19. The van der Waals surface area contributed by atoms with Gasteiger partial charge in [-0.1, -0.05) is 22.9 Å². The van der Waals surface area contributed by atoms with Crippen molar-refractivity contribution >= 4 is 27.3 Å². The first-order valence-electron chi connectivity index (χ1n) is 6.07. The molecular weight excluding hydrogens is 296 g/mol. The summed E-state index contributed by atoms with van der Waals surface area (Å²) < 4.78 is 0. The third-order valence-corrected chi connectivity index (χ3v) is 4.23. The molecule has 98 valence electrons. The van der Waals surface area contributed by atoms with Gasteiger partial charge in [-0.3, -0.25) is 10.1 Å². The van der Waals surface area contributed by atoms with Crippen LogP contribution in [0, 0.1) is 22.0 Å². The van der Waals surface area contributed by atoms with Gasteiger partial charge in [0, 0.05) is 36.2 Å². The van der Waals surface area contributed by atoms with Crippen LogP contribution in [0.5, 0.6) is 0 Å². The minimum atomic E-state index is -0.330. The molecule has 0 saturated heterocycles. The molecule has 4 nitrogen and oxygen atoms in total. The Bertz CT molecular complexity index is 464. The van der Waals surface area contributed by atoms with Crippen LogP contribution in [0.4, 0.5) is 11.4 Å². The molecule has 0 spiro atoms. The number of hydrogen-bond donors (Lipinski definition) is 0. The summed E-state index contributed by atoms with van der Waals surface area (Å²) in [4.78, 5) is 12.7. The fourth-order valence-electron chi connectivity index (χ4n) is 2.21. The van der Waals surface area contributed by atoms with Crippen LogP contribution in [0.1, 0.15) is 18.9 Å². The van der Waals surface area contributed by atoms with Crippen LogP contribution in [0.25, 0.3) is 0 Å². The van der Waals surface area contributed by atoms with Gasteiger partial charge in [0.1, 0.15) is 0 Å². The monoisotopic (exact) mass is 312 g/mol. The number of anilines is 1. The molecule has 18 heavy (non-hydrogen) atoms. The zero-order chi connectivity index (χ0) is 13.3. The standard InChI is InChI=1S/C13H17BrN2O2/c1-9-5-11(9)8-15(2)12-3-4-13(16(17)18)10(6-12)7-14/h3-4,6,9,11H,5,7-8H2,1-2H3. The Kier molecular flexibility index (Phi) is 3.90. The van der Waals surface area contributed by atoms with Crippen molar-refractivity contribution in [1.29, 1.82) is 0 Å². The van der Waals surface area contributed by atoms with Crippen LogP contribution >= 0.6 is 15.9 Å². The second-order valence-corrected chi connectivity index (χ2v) is 5.62. The molecule has 1 saturated carbocycles. The Morgan fingerprint density at radius 1 is 1.56 bits per heavy atom. The van der Waals surface area contributed by atoms with Crippen molar-refractivity contribution in [2.45, 2.75) is 18.7 Å². The van der Waals surface area contributed by atoms with Crippen molar-refractivity contribution in [3.05, 3.63) is 33.9 Å². The minimum absolute atomic E-state index is 0.184. The summed E-state index contributed by atoms with van der Waals surface area (Å²) in [5.41, 5.74) is 1.96. The fourth-order valence-corrected chi connectivity index (χ4v) is 2.65. The van der Waals surface area contributed by atoms with Crippen molar-refractivity contribution in [3.63, 3.8) is 0 Å². The van der Waals surface area contributed by atoms with Gasteiger partial charge in [0.15, 0.2) is 0 Å². The summed E-state index contributed by atoms with van der Waals surface area (Å²) in [5, 5.41) is 11.4. The molecule has 1 aliphatic carbocycles. The van der Waals surface area contributed by atoms with Crippen molar-refractivity contribution in [2.24, 2.45) is 11.8 Å². The normalized spacial score (nSPS) is 21.7. The SMILES string of the molecule is CC1CC1CN(C)c1ccc([N+](=O)[O-])c(CBr)c1. The van der Waals surface area contributed by atoms with Gasteiger partial charge in [-0.25, -0.2) is 0 Å². The van der Waals surface area contributed by atoms with E-state index in [1.54, 1.807) is 6.07 Å². The predicted octanol–water partition coefficient (Wildman–Crippen LogP) is 3.58. The predicted molar refractivity (Wildman–Crippen MR) is 76.3 cm³/mol. The van der Waals surface area contributed by atoms with E-state index in [0.717, 1.165) is 29.6 Å². The lowest BCUT2D eigenvalue weighted by Gasteiger charge is -2.19. The van der Waals surface area contributed by atoms with E-state index in [1.165, 1.54) is 6.42 Å². The highest BCUT2D eigenvalue weighted by Crippen LogP contribution is 2.39. The average molecular weight is 313 g/mol. The van der Waals surface area contributed by atoms with E-state index in [2.05, 4.69) is 27.8 Å². The molecule has 0 heterocycles. The molecule has 1 aliphatic rings. The van der Waals surface area contributed by atoms with E-state index in [-0.39, 0.29) is 10.6 Å². The van der Waals surface area contributed by atoms with Gasteiger partial charge in [0.25, 0.3) is 5.69 Å². The van der Waals surface area contributed by atoms with E-state index >= 15 is 0 Å². The molecule has 0 bridgehead atoms. The molecule has 2 rings (SSSR count). The Hall–Kier alpha value is -1.10. The maximum absolute atomic E-state index is 10.9. The summed E-state index contributed by atoms with van der Waals surface area (Å²) >= 11 is 3.31. The molecule has 1 aromatic carbocycles. The van der Waals surface area contributed by atoms with Crippen molar-refractivity contribution in [1.82, 2.24) is 0 Å². The first-order chi connectivity index (χ1) is 8.52. The van der Waals surface area contributed by atoms with Crippen LogP contribution in [0.3, 0.4) is 0 Å². The lowest BCUT2D eigenvalue weighted by Crippen LogP contribution is -2.20. The van der Waals surface area contributed by atoms with Gasteiger partial charge in [0.2, 0.25) is 0 Å². The number of alkyl halides is 1. The molecule has 2 atom stereocenters. The number of nitro benzene ring substituents is 1. The molecule has 0 aromatic heterocycles. The van der Waals surface area contributed by atoms with Gasteiger partial charge < -0.3 is 4.90 Å². The van der Waals surface area contributed by atoms with Gasteiger partial charge in [-0.15, -0.1) is 0 Å². The first kappa shape index (κ1) is 13.3. The van der Waals surface area contributed by atoms with Crippen LogP contribution in [-0.2, 0) is 5.33 Å². The Morgan fingerprint density at radius 3 is 2.72 bits per heavy atom. The highest BCUT2D eigenvalue weighted by atomic mass is 79.9. The maximum Gasteiger partial charge on any atom is 0.273 e. The molecule has 0 radical (unpaired) electrons. The van der Waals surface area contributed by atoms with Crippen molar-refractivity contribution in [3.8, 4) is 0 Å². The van der Waals surface area contributed by atoms with E-state index < -0.39 is 0 Å². The van der Waals surface area contributed by atoms with Crippen LogP contribution in [0.15, 0.2) is 18.2 Å². The third kappa shape index (κ3) is 2.83. The smallest absolute Gasteiger partial charge is 0.273 e. The summed E-state index contributed by atoms with van der Waals surface area (Å²) in [7, 11) is 2.05. The highest BCUT2D eigenvalue weighted by Gasteiger charge is 2.33. The number of nitro groups is 1. The van der Waals surface area contributed by atoms with Crippen molar-refractivity contribution < 1.29 is 4.92 Å². The number of hydrogen-bond acceptors (Lipinski definition) is 3. The van der Waals surface area contributed by atoms with E-state index in [0.29, 0.717) is 5.33 Å². The number of halogens is 1. The zero-order valence-electron chi connectivity index (χ0n) is 10.6. The third-order valence-electron chi connectivity index (χ3n) is 3.63. The van der Waals surface area contributed by atoms with Gasteiger partial charge in [-0.05, 0) is 30.4 Å². The molecule has 0 N–H and O–H groups in total. The van der Waals surface area contributed by atoms with Gasteiger partial charge >= 0.3 is 0 Å². The average Bonchev–Trinajstić information content (AvgIpc) is 3.03. The number of benzene rings is 1. The molecule has 1 fully saturated rings. The summed E-state index contributed by atoms with van der Waals surface area (Å²) in [5.74, 6) is 1.60. The van der Waals surface area contributed by atoms with E-state index in [4.69, 9.17) is 0 Å². The largest absolute Gasteiger partial charge is 0.374 e. The minimum Gasteiger partial charge on any atom is -0.374 e. The summed E-state index contributed by atoms with van der Waals surface area (Å²) in [6.45, 7) is 3.29. The highest BCUT2D eigenvalue weighted by molar-refractivity contribution is 9.08. The van der Waals surface area contributed by atoms with E-state index in [1.807, 2.05) is 19.2 Å². The molecule has 2 unspecified atom stereocenters. The van der Waals surface area contributed by atoms with Crippen molar-refractivity contribution in [2.75, 3.05) is 18.5 Å². The molecule has 1 aromatic rings. The summed E-state index contributed by atoms with van der Waals surface area (Å²) in [6.07, 6.45) is 1.29. The Balaban J connectivity index is 2.15. The quantitative estimate of drug-likeness (QED) is 0.474. The van der Waals surface area contributed by atoms with Crippen LogP contribution < -0.4 is 4.90 Å². The zero-order valence-corrected chi connectivity index (χ0v) is 12.2. The number of rotatable bonds is 5. The molecular formula is C13H17BrN2O2.